The van der Waals surface area contributed by atoms with Crippen LogP contribution in [0.3, 0.4) is 0 Å². The molecule has 1 saturated carbocycles. The van der Waals surface area contributed by atoms with Crippen molar-refractivity contribution in [3.05, 3.63) is 63.6 Å². The summed E-state index contributed by atoms with van der Waals surface area (Å²) >= 11 is 3.20. The molecule has 0 aliphatic heterocycles. The van der Waals surface area contributed by atoms with Crippen molar-refractivity contribution in [1.29, 1.82) is 0 Å². The van der Waals surface area contributed by atoms with E-state index >= 15 is 0 Å². The first kappa shape index (κ1) is 15.7. The summed E-state index contributed by atoms with van der Waals surface area (Å²) in [4.78, 5) is 16.1. The fourth-order valence-corrected chi connectivity index (χ4v) is 3.08. The number of nitrogens with zero attached hydrogens (tertiary/aromatic N) is 1. The summed E-state index contributed by atoms with van der Waals surface area (Å²) in [5.74, 6) is 2.37. The number of carbonyl (C=O) groups is 1. The number of hydrogen-bond acceptors (Lipinski definition) is 2. The van der Waals surface area contributed by atoms with E-state index in [2.05, 4.69) is 32.2 Å². The first-order valence-electron chi connectivity index (χ1n) is 7.24. The van der Waals surface area contributed by atoms with Gasteiger partial charge in [-0.1, -0.05) is 12.0 Å². The lowest BCUT2D eigenvalue weighted by Crippen LogP contribution is -2.43. The zero-order valence-electron chi connectivity index (χ0n) is 12.2. The summed E-state index contributed by atoms with van der Waals surface area (Å²) < 4.78 is 13.7. The number of aromatic nitrogens is 1. The molecular formula is C18H14BrFN2O. The molecule has 0 atom stereocenters. The van der Waals surface area contributed by atoms with Crippen LogP contribution < -0.4 is 5.32 Å². The third kappa shape index (κ3) is 3.43. The monoisotopic (exact) mass is 372 g/mol. The van der Waals surface area contributed by atoms with Gasteiger partial charge in [-0.15, -0.1) is 6.42 Å². The molecule has 3 nitrogen and oxygen atoms in total. The van der Waals surface area contributed by atoms with Crippen molar-refractivity contribution in [3.63, 3.8) is 0 Å². The highest BCUT2D eigenvalue weighted by Crippen LogP contribution is 2.38. The fourth-order valence-electron chi connectivity index (χ4n) is 2.69. The molecule has 1 N–H and O–H groups in total. The maximum Gasteiger partial charge on any atom is 0.253 e. The highest BCUT2D eigenvalue weighted by molar-refractivity contribution is 9.10. The van der Waals surface area contributed by atoms with Crippen molar-refractivity contribution in [2.75, 3.05) is 0 Å². The highest BCUT2D eigenvalue weighted by Gasteiger charge is 2.31. The SMILES string of the molecule is C#Cc1cncc(C(=O)NC2CC(c3ccc(F)c(Br)c3)C2)c1. The van der Waals surface area contributed by atoms with Gasteiger partial charge in [0.25, 0.3) is 5.91 Å². The van der Waals surface area contributed by atoms with Crippen LogP contribution in [0.5, 0.6) is 0 Å². The van der Waals surface area contributed by atoms with Gasteiger partial charge in [0.2, 0.25) is 0 Å². The molecule has 1 aliphatic carbocycles. The molecule has 23 heavy (non-hydrogen) atoms. The summed E-state index contributed by atoms with van der Waals surface area (Å²) in [6.07, 6.45) is 10.0. The van der Waals surface area contributed by atoms with Gasteiger partial charge in [-0.05, 0) is 58.5 Å². The van der Waals surface area contributed by atoms with Crippen LogP contribution in [0.1, 0.15) is 40.2 Å². The number of amides is 1. The summed E-state index contributed by atoms with van der Waals surface area (Å²) in [6, 6.07) is 6.82. The van der Waals surface area contributed by atoms with Gasteiger partial charge in [0.1, 0.15) is 5.82 Å². The van der Waals surface area contributed by atoms with Gasteiger partial charge >= 0.3 is 0 Å². The third-order valence-corrected chi connectivity index (χ3v) is 4.66. The molecule has 0 bridgehead atoms. The fraction of sp³-hybridized carbons (Fsp3) is 0.222. The molecule has 1 amide bonds. The Labute approximate surface area is 142 Å². The quantitative estimate of drug-likeness (QED) is 0.835. The minimum atomic E-state index is -0.265. The van der Waals surface area contributed by atoms with Crippen LogP contribution in [-0.4, -0.2) is 16.9 Å². The van der Waals surface area contributed by atoms with E-state index in [1.165, 1.54) is 12.3 Å². The van der Waals surface area contributed by atoms with Crippen molar-refractivity contribution in [1.82, 2.24) is 10.3 Å². The summed E-state index contributed by atoms with van der Waals surface area (Å²) in [5, 5.41) is 2.98. The topological polar surface area (TPSA) is 42.0 Å². The van der Waals surface area contributed by atoms with Crippen LogP contribution >= 0.6 is 15.9 Å². The zero-order valence-corrected chi connectivity index (χ0v) is 13.8. The summed E-state index contributed by atoms with van der Waals surface area (Å²) in [7, 11) is 0. The molecule has 1 aromatic heterocycles. The molecule has 5 heteroatoms. The summed E-state index contributed by atoms with van der Waals surface area (Å²) in [6.45, 7) is 0. The van der Waals surface area contributed by atoms with E-state index in [0.717, 1.165) is 18.4 Å². The number of nitrogens with one attached hydrogen (secondary N) is 1. The molecule has 0 unspecified atom stereocenters. The standard InChI is InChI=1S/C18H14BrFN2O/c1-2-11-5-14(10-21-9-11)18(23)22-15-6-13(7-15)12-3-4-17(20)16(19)8-12/h1,3-5,8-10,13,15H,6-7H2,(H,22,23). The summed E-state index contributed by atoms with van der Waals surface area (Å²) in [5.41, 5.74) is 2.13. The largest absolute Gasteiger partial charge is 0.349 e. The number of rotatable bonds is 3. The van der Waals surface area contributed by atoms with Crippen molar-refractivity contribution < 1.29 is 9.18 Å². The second-order valence-corrected chi connectivity index (χ2v) is 6.47. The number of benzene rings is 1. The lowest BCUT2D eigenvalue weighted by atomic mass is 9.76. The van der Waals surface area contributed by atoms with E-state index in [4.69, 9.17) is 6.42 Å². The average molecular weight is 373 g/mol. The Morgan fingerprint density at radius 2 is 2.13 bits per heavy atom. The lowest BCUT2D eigenvalue weighted by Gasteiger charge is -2.36. The molecule has 0 saturated heterocycles. The number of halogens is 2. The zero-order chi connectivity index (χ0) is 16.4. The Morgan fingerprint density at radius 3 is 2.83 bits per heavy atom. The Balaban J connectivity index is 1.58. The molecule has 116 valence electrons. The minimum Gasteiger partial charge on any atom is -0.349 e. The average Bonchev–Trinajstić information content (AvgIpc) is 2.53. The molecule has 0 spiro atoms. The number of hydrogen-bond donors (Lipinski definition) is 1. The maximum absolute atomic E-state index is 13.3. The van der Waals surface area contributed by atoms with Gasteiger partial charge in [-0.2, -0.15) is 0 Å². The van der Waals surface area contributed by atoms with Crippen LogP contribution in [-0.2, 0) is 0 Å². The molecular weight excluding hydrogens is 359 g/mol. The van der Waals surface area contributed by atoms with Crippen LogP contribution in [0.4, 0.5) is 4.39 Å². The van der Waals surface area contributed by atoms with Gasteiger partial charge in [0, 0.05) is 24.0 Å². The number of terminal acetylenes is 1. The van der Waals surface area contributed by atoms with Gasteiger partial charge < -0.3 is 5.32 Å². The first-order valence-corrected chi connectivity index (χ1v) is 8.03. The van der Waals surface area contributed by atoms with E-state index < -0.39 is 0 Å². The lowest BCUT2D eigenvalue weighted by molar-refractivity contribution is 0.0908. The predicted molar refractivity (Wildman–Crippen MR) is 89.5 cm³/mol. The molecule has 1 aromatic carbocycles. The molecule has 0 radical (unpaired) electrons. The Bertz CT molecular complexity index is 794. The highest BCUT2D eigenvalue weighted by atomic mass is 79.9. The van der Waals surface area contributed by atoms with E-state index in [-0.39, 0.29) is 17.8 Å². The second-order valence-electron chi connectivity index (χ2n) is 5.62. The van der Waals surface area contributed by atoms with Crippen LogP contribution in [0.25, 0.3) is 0 Å². The molecule has 1 heterocycles. The predicted octanol–water partition coefficient (Wildman–Crippen LogP) is 3.64. The van der Waals surface area contributed by atoms with Crippen molar-refractivity contribution in [2.45, 2.75) is 24.8 Å². The molecule has 1 aliphatic rings. The van der Waals surface area contributed by atoms with Crippen LogP contribution in [0.2, 0.25) is 0 Å². The number of carbonyl (C=O) groups excluding carboxylic acids is 1. The molecule has 2 aromatic rings. The van der Waals surface area contributed by atoms with Crippen LogP contribution in [0.15, 0.2) is 41.1 Å². The molecule has 3 rings (SSSR count). The van der Waals surface area contributed by atoms with Crippen molar-refractivity contribution in [3.8, 4) is 12.3 Å². The van der Waals surface area contributed by atoms with Crippen molar-refractivity contribution >= 4 is 21.8 Å². The normalized spacial score (nSPS) is 19.5. The van der Waals surface area contributed by atoms with E-state index in [0.29, 0.717) is 21.5 Å². The molecule has 1 fully saturated rings. The van der Waals surface area contributed by atoms with Gasteiger partial charge in [-0.3, -0.25) is 9.78 Å². The minimum absolute atomic E-state index is 0.117. The third-order valence-electron chi connectivity index (χ3n) is 4.06. The van der Waals surface area contributed by atoms with Crippen LogP contribution in [0, 0.1) is 18.2 Å². The van der Waals surface area contributed by atoms with E-state index in [1.807, 2.05) is 0 Å². The Morgan fingerprint density at radius 1 is 1.35 bits per heavy atom. The maximum atomic E-state index is 13.3. The van der Waals surface area contributed by atoms with Gasteiger partial charge in [0.05, 0.1) is 10.0 Å². The van der Waals surface area contributed by atoms with E-state index in [9.17, 15) is 9.18 Å². The van der Waals surface area contributed by atoms with E-state index in [1.54, 1.807) is 24.4 Å². The first-order chi connectivity index (χ1) is 11.1. The number of pyridine rings is 1. The van der Waals surface area contributed by atoms with Crippen molar-refractivity contribution in [2.24, 2.45) is 0 Å². The van der Waals surface area contributed by atoms with Gasteiger partial charge in [-0.25, -0.2) is 4.39 Å². The second kappa shape index (κ2) is 6.51. The van der Waals surface area contributed by atoms with Gasteiger partial charge in [0.15, 0.2) is 0 Å². The smallest absolute Gasteiger partial charge is 0.253 e. The Kier molecular flexibility index (Phi) is 4.44. The Hall–Kier alpha value is -2.19.